The fraction of sp³-hybridized carbons (Fsp3) is 0.200. The van der Waals surface area contributed by atoms with Crippen molar-refractivity contribution in [2.24, 2.45) is 0 Å². The highest BCUT2D eigenvalue weighted by Gasteiger charge is 2.14. The van der Waals surface area contributed by atoms with Gasteiger partial charge in [-0.3, -0.25) is 0 Å². The molecule has 0 spiro atoms. The molecule has 0 saturated carbocycles. The van der Waals surface area contributed by atoms with Crippen LogP contribution in [0.15, 0.2) is 36.9 Å². The minimum absolute atomic E-state index is 0.0971. The minimum atomic E-state index is 0.0971. The van der Waals surface area contributed by atoms with Gasteiger partial charge in [0.05, 0.1) is 12.2 Å². The summed E-state index contributed by atoms with van der Waals surface area (Å²) >= 11 is 0. The van der Waals surface area contributed by atoms with E-state index in [0.29, 0.717) is 0 Å². The Morgan fingerprint density at radius 3 is 3.17 bits per heavy atom. The van der Waals surface area contributed by atoms with E-state index in [1.807, 2.05) is 30.3 Å². The molecule has 12 heavy (non-hydrogen) atoms. The van der Waals surface area contributed by atoms with Crippen molar-refractivity contribution in [2.75, 3.05) is 11.9 Å². The van der Waals surface area contributed by atoms with Gasteiger partial charge < -0.3 is 10.1 Å². The Bertz CT molecular complexity index is 296. The number of anilines is 1. The first kappa shape index (κ1) is 7.22. The zero-order chi connectivity index (χ0) is 8.39. The third-order valence-corrected chi connectivity index (χ3v) is 1.92. The summed E-state index contributed by atoms with van der Waals surface area (Å²) in [6, 6.07) is 7.92. The second-order valence-corrected chi connectivity index (χ2v) is 2.77. The van der Waals surface area contributed by atoms with Gasteiger partial charge in [-0.2, -0.15) is 0 Å². The molecule has 0 radical (unpaired) electrons. The number of ether oxygens (including phenoxy) is 1. The molecule has 1 heterocycles. The first-order valence-corrected chi connectivity index (χ1v) is 4.02. The summed E-state index contributed by atoms with van der Waals surface area (Å²) in [5.74, 6) is 0.911. The van der Waals surface area contributed by atoms with Crippen LogP contribution in [0.4, 0.5) is 5.69 Å². The molecule has 0 bridgehead atoms. The molecular weight excluding hydrogens is 150 g/mol. The highest BCUT2D eigenvalue weighted by atomic mass is 16.5. The number of hydrogen-bond donors (Lipinski definition) is 1. The highest BCUT2D eigenvalue weighted by Crippen LogP contribution is 2.28. The second-order valence-electron chi connectivity index (χ2n) is 2.77. The minimum Gasteiger partial charge on any atom is -0.482 e. The van der Waals surface area contributed by atoms with Gasteiger partial charge in [0.25, 0.3) is 0 Å². The molecule has 2 nitrogen and oxygen atoms in total. The van der Waals surface area contributed by atoms with Crippen molar-refractivity contribution in [3.8, 4) is 5.75 Å². The van der Waals surface area contributed by atoms with Gasteiger partial charge in [-0.15, -0.1) is 0 Å². The van der Waals surface area contributed by atoms with Crippen LogP contribution < -0.4 is 10.1 Å². The van der Waals surface area contributed by atoms with Crippen molar-refractivity contribution in [3.63, 3.8) is 0 Å². The average Bonchev–Trinajstić information content (AvgIpc) is 2.17. The summed E-state index contributed by atoms with van der Waals surface area (Å²) in [6.07, 6.45) is 1.91. The van der Waals surface area contributed by atoms with Gasteiger partial charge in [-0.05, 0) is 18.2 Å². The van der Waals surface area contributed by atoms with E-state index in [0.717, 1.165) is 18.0 Å². The molecule has 1 aromatic rings. The summed E-state index contributed by atoms with van der Waals surface area (Å²) in [5.41, 5.74) is 1.07. The molecule has 1 N–H and O–H groups in total. The lowest BCUT2D eigenvalue weighted by molar-refractivity contribution is 0.253. The normalized spacial score (nSPS) is 20.2. The van der Waals surface area contributed by atoms with E-state index in [-0.39, 0.29) is 6.10 Å². The Kier molecular flexibility index (Phi) is 1.74. The van der Waals surface area contributed by atoms with Crippen LogP contribution in [-0.2, 0) is 0 Å². The summed E-state index contributed by atoms with van der Waals surface area (Å²) in [6.45, 7) is 4.50. The molecule has 0 aliphatic carbocycles. The van der Waals surface area contributed by atoms with E-state index in [1.54, 1.807) is 0 Å². The van der Waals surface area contributed by atoms with E-state index in [1.165, 1.54) is 0 Å². The van der Waals surface area contributed by atoms with Crippen molar-refractivity contribution in [1.82, 2.24) is 0 Å². The Morgan fingerprint density at radius 2 is 2.33 bits per heavy atom. The zero-order valence-electron chi connectivity index (χ0n) is 6.79. The number of nitrogens with one attached hydrogen (secondary N) is 1. The molecule has 0 amide bonds. The predicted octanol–water partition coefficient (Wildman–Crippen LogP) is 2.05. The Balaban J connectivity index is 2.28. The van der Waals surface area contributed by atoms with Crippen LogP contribution in [0.2, 0.25) is 0 Å². The molecular formula is C10H11NO. The molecule has 1 aliphatic heterocycles. The van der Waals surface area contributed by atoms with Crippen LogP contribution in [0.1, 0.15) is 0 Å². The quantitative estimate of drug-likeness (QED) is 0.636. The highest BCUT2D eigenvalue weighted by molar-refractivity contribution is 5.57. The van der Waals surface area contributed by atoms with Crippen molar-refractivity contribution in [3.05, 3.63) is 36.9 Å². The van der Waals surface area contributed by atoms with E-state index in [2.05, 4.69) is 11.9 Å². The molecule has 1 aromatic carbocycles. The number of benzene rings is 1. The third-order valence-electron chi connectivity index (χ3n) is 1.92. The van der Waals surface area contributed by atoms with Crippen molar-refractivity contribution >= 4 is 5.69 Å². The lowest BCUT2D eigenvalue weighted by Gasteiger charge is -2.24. The van der Waals surface area contributed by atoms with Gasteiger partial charge in [0, 0.05) is 0 Å². The van der Waals surface area contributed by atoms with Crippen LogP contribution in [-0.4, -0.2) is 12.6 Å². The maximum atomic E-state index is 5.60. The molecule has 0 saturated heterocycles. The fourth-order valence-electron chi connectivity index (χ4n) is 1.26. The van der Waals surface area contributed by atoms with Crippen molar-refractivity contribution in [1.29, 1.82) is 0 Å². The summed E-state index contributed by atoms with van der Waals surface area (Å²) in [5, 5.41) is 3.27. The Morgan fingerprint density at radius 1 is 1.50 bits per heavy atom. The van der Waals surface area contributed by atoms with Crippen LogP contribution in [0.3, 0.4) is 0 Å². The maximum Gasteiger partial charge on any atom is 0.143 e. The lowest BCUT2D eigenvalue weighted by Crippen LogP contribution is -2.28. The van der Waals surface area contributed by atoms with Crippen LogP contribution in [0.25, 0.3) is 0 Å². The molecule has 0 unspecified atom stereocenters. The maximum absolute atomic E-state index is 5.60. The Hall–Kier alpha value is -1.44. The van der Waals surface area contributed by atoms with Crippen molar-refractivity contribution < 1.29 is 4.74 Å². The molecule has 0 fully saturated rings. The van der Waals surface area contributed by atoms with Crippen LogP contribution >= 0.6 is 0 Å². The zero-order valence-corrected chi connectivity index (χ0v) is 6.79. The van der Waals surface area contributed by atoms with E-state index < -0.39 is 0 Å². The number of hydrogen-bond acceptors (Lipinski definition) is 2. The first-order chi connectivity index (χ1) is 5.90. The molecule has 62 valence electrons. The van der Waals surface area contributed by atoms with Crippen molar-refractivity contribution in [2.45, 2.75) is 6.10 Å². The fourth-order valence-corrected chi connectivity index (χ4v) is 1.26. The number of para-hydroxylation sites is 2. The SMILES string of the molecule is C=C[C@@H]1CNc2ccccc2O1. The van der Waals surface area contributed by atoms with Gasteiger partial charge in [-0.25, -0.2) is 0 Å². The predicted molar refractivity (Wildman–Crippen MR) is 49.5 cm³/mol. The second kappa shape index (κ2) is 2.89. The first-order valence-electron chi connectivity index (χ1n) is 4.02. The van der Waals surface area contributed by atoms with Gasteiger partial charge in [0.1, 0.15) is 11.9 Å². The number of rotatable bonds is 1. The van der Waals surface area contributed by atoms with Crippen LogP contribution in [0, 0.1) is 0 Å². The lowest BCUT2D eigenvalue weighted by atomic mass is 10.2. The standard InChI is InChI=1S/C10H11NO/c1-2-8-7-11-9-5-3-4-6-10(9)12-8/h2-6,8,11H,1,7H2/t8-/m1/s1. The largest absolute Gasteiger partial charge is 0.482 e. The monoisotopic (exact) mass is 161 g/mol. The van der Waals surface area contributed by atoms with Gasteiger partial charge in [-0.1, -0.05) is 18.7 Å². The van der Waals surface area contributed by atoms with Gasteiger partial charge in [0.2, 0.25) is 0 Å². The average molecular weight is 161 g/mol. The topological polar surface area (TPSA) is 21.3 Å². The van der Waals surface area contributed by atoms with E-state index >= 15 is 0 Å². The smallest absolute Gasteiger partial charge is 0.143 e. The molecule has 2 rings (SSSR count). The molecule has 2 heteroatoms. The molecule has 0 aromatic heterocycles. The van der Waals surface area contributed by atoms with Gasteiger partial charge >= 0.3 is 0 Å². The number of fused-ring (bicyclic) bond motifs is 1. The van der Waals surface area contributed by atoms with Crippen LogP contribution in [0.5, 0.6) is 5.75 Å². The summed E-state index contributed by atoms with van der Waals surface area (Å²) in [7, 11) is 0. The Labute approximate surface area is 71.9 Å². The van der Waals surface area contributed by atoms with E-state index in [4.69, 9.17) is 4.74 Å². The van der Waals surface area contributed by atoms with E-state index in [9.17, 15) is 0 Å². The third kappa shape index (κ3) is 1.16. The van der Waals surface area contributed by atoms with Gasteiger partial charge in [0.15, 0.2) is 0 Å². The summed E-state index contributed by atoms with van der Waals surface area (Å²) in [4.78, 5) is 0. The molecule has 1 atom stereocenters. The molecule has 1 aliphatic rings. The summed E-state index contributed by atoms with van der Waals surface area (Å²) < 4.78 is 5.60.